The Hall–Kier alpha value is -3.02. The van der Waals surface area contributed by atoms with E-state index in [1.165, 1.54) is 0 Å². The maximum absolute atomic E-state index is 12.8. The van der Waals surface area contributed by atoms with Crippen LogP contribution >= 0.6 is 0 Å². The Labute approximate surface area is 165 Å². The number of nitrogens with one attached hydrogen (secondary N) is 1. The third kappa shape index (κ3) is 4.63. The predicted octanol–water partition coefficient (Wildman–Crippen LogP) is 2.87. The lowest BCUT2D eigenvalue weighted by Gasteiger charge is -2.31. The van der Waals surface area contributed by atoms with Crippen molar-refractivity contribution < 1.29 is 19.1 Å². The Morgan fingerprint density at radius 1 is 1.00 bits per heavy atom. The summed E-state index contributed by atoms with van der Waals surface area (Å²) in [7, 11) is 3.11. The van der Waals surface area contributed by atoms with Gasteiger partial charge in [0, 0.05) is 31.1 Å². The topological polar surface area (TPSA) is 67.9 Å². The Kier molecular flexibility index (Phi) is 6.53. The monoisotopic (exact) mass is 382 g/mol. The van der Waals surface area contributed by atoms with Gasteiger partial charge in [-0.05, 0) is 36.6 Å². The largest absolute Gasteiger partial charge is 0.493 e. The fourth-order valence-corrected chi connectivity index (χ4v) is 3.43. The number of methoxy groups -OCH3 is 2. The molecule has 0 radical (unpaired) electrons. The average molecular weight is 382 g/mol. The molecule has 1 aliphatic rings. The van der Waals surface area contributed by atoms with Gasteiger partial charge in [0.05, 0.1) is 14.2 Å². The Bertz CT molecular complexity index is 815. The van der Waals surface area contributed by atoms with E-state index in [0.29, 0.717) is 49.5 Å². The van der Waals surface area contributed by atoms with Crippen LogP contribution in [-0.4, -0.2) is 44.0 Å². The summed E-state index contributed by atoms with van der Waals surface area (Å²) in [4.78, 5) is 27.0. The van der Waals surface area contributed by atoms with Gasteiger partial charge >= 0.3 is 0 Å². The molecular weight excluding hydrogens is 356 g/mol. The number of benzene rings is 2. The summed E-state index contributed by atoms with van der Waals surface area (Å²) >= 11 is 0. The number of amides is 2. The van der Waals surface area contributed by atoms with Crippen molar-refractivity contribution in [2.75, 3.05) is 27.3 Å². The molecule has 1 aliphatic heterocycles. The highest BCUT2D eigenvalue weighted by Crippen LogP contribution is 2.28. The van der Waals surface area contributed by atoms with E-state index in [9.17, 15) is 9.59 Å². The number of likely N-dealkylation sites (tertiary alicyclic amines) is 1. The normalized spacial score (nSPS) is 14.4. The summed E-state index contributed by atoms with van der Waals surface area (Å²) in [6.07, 6.45) is 1.33. The standard InChI is InChI=1S/C22H26N2O4/c1-27-19-9-8-18(14-20(19)28-2)22(26)24-12-10-17(11-13-24)21(25)23-15-16-6-4-3-5-7-16/h3-9,14,17H,10-13,15H2,1-2H3,(H,23,25). The van der Waals surface area contributed by atoms with Crippen LogP contribution in [0.4, 0.5) is 0 Å². The minimum absolute atomic E-state index is 0.0518. The van der Waals surface area contributed by atoms with E-state index in [1.807, 2.05) is 30.3 Å². The smallest absolute Gasteiger partial charge is 0.253 e. The summed E-state index contributed by atoms with van der Waals surface area (Å²) in [5.74, 6) is 1.07. The molecule has 6 nitrogen and oxygen atoms in total. The minimum atomic E-state index is -0.0573. The van der Waals surface area contributed by atoms with Gasteiger partial charge in [-0.25, -0.2) is 0 Å². The van der Waals surface area contributed by atoms with Crippen LogP contribution in [0, 0.1) is 5.92 Å². The Morgan fingerprint density at radius 2 is 1.68 bits per heavy atom. The molecule has 148 valence electrons. The number of rotatable bonds is 6. The van der Waals surface area contributed by atoms with Gasteiger partial charge in [0.1, 0.15) is 0 Å². The molecule has 1 saturated heterocycles. The molecule has 28 heavy (non-hydrogen) atoms. The van der Waals surface area contributed by atoms with E-state index in [2.05, 4.69) is 5.32 Å². The van der Waals surface area contributed by atoms with Crippen LogP contribution < -0.4 is 14.8 Å². The number of nitrogens with zero attached hydrogens (tertiary/aromatic N) is 1. The molecule has 0 unspecified atom stereocenters. The first kappa shape index (κ1) is 19.7. The summed E-state index contributed by atoms with van der Waals surface area (Å²) in [6, 6.07) is 15.0. The highest BCUT2D eigenvalue weighted by Gasteiger charge is 2.28. The lowest BCUT2D eigenvalue weighted by Crippen LogP contribution is -2.42. The van der Waals surface area contributed by atoms with Crippen LogP contribution in [0.2, 0.25) is 0 Å². The first-order valence-electron chi connectivity index (χ1n) is 9.45. The van der Waals surface area contributed by atoms with Gasteiger partial charge < -0.3 is 19.7 Å². The second kappa shape index (κ2) is 9.26. The van der Waals surface area contributed by atoms with Gasteiger partial charge in [-0.2, -0.15) is 0 Å². The van der Waals surface area contributed by atoms with E-state index >= 15 is 0 Å². The number of ether oxygens (including phenoxy) is 2. The molecule has 0 bridgehead atoms. The molecule has 0 aliphatic carbocycles. The SMILES string of the molecule is COc1ccc(C(=O)N2CCC(C(=O)NCc3ccccc3)CC2)cc1OC. The molecule has 1 heterocycles. The van der Waals surface area contributed by atoms with E-state index in [1.54, 1.807) is 37.3 Å². The zero-order chi connectivity index (χ0) is 19.9. The van der Waals surface area contributed by atoms with Crippen molar-refractivity contribution in [2.45, 2.75) is 19.4 Å². The first-order valence-corrected chi connectivity index (χ1v) is 9.45. The number of carbonyl (C=O) groups excluding carboxylic acids is 2. The average Bonchev–Trinajstić information content (AvgIpc) is 2.77. The van der Waals surface area contributed by atoms with Crippen LogP contribution in [-0.2, 0) is 11.3 Å². The Morgan fingerprint density at radius 3 is 2.32 bits per heavy atom. The summed E-state index contributed by atoms with van der Waals surface area (Å²) in [6.45, 7) is 1.66. The minimum Gasteiger partial charge on any atom is -0.493 e. The molecule has 0 aromatic heterocycles. The molecule has 6 heteroatoms. The summed E-state index contributed by atoms with van der Waals surface area (Å²) < 4.78 is 10.5. The quantitative estimate of drug-likeness (QED) is 0.834. The third-order valence-electron chi connectivity index (χ3n) is 5.09. The van der Waals surface area contributed by atoms with Crippen molar-refractivity contribution in [3.05, 3.63) is 59.7 Å². The predicted molar refractivity (Wildman–Crippen MR) is 106 cm³/mol. The van der Waals surface area contributed by atoms with Crippen LogP contribution in [0.5, 0.6) is 11.5 Å². The van der Waals surface area contributed by atoms with Gasteiger partial charge in [-0.3, -0.25) is 9.59 Å². The molecule has 2 aromatic rings. The highest BCUT2D eigenvalue weighted by atomic mass is 16.5. The molecule has 1 N–H and O–H groups in total. The van der Waals surface area contributed by atoms with Crippen molar-refractivity contribution >= 4 is 11.8 Å². The van der Waals surface area contributed by atoms with Crippen molar-refractivity contribution in [3.8, 4) is 11.5 Å². The van der Waals surface area contributed by atoms with Crippen LogP contribution in [0.15, 0.2) is 48.5 Å². The number of carbonyl (C=O) groups is 2. The van der Waals surface area contributed by atoms with Gasteiger partial charge in [0.25, 0.3) is 5.91 Å². The van der Waals surface area contributed by atoms with Gasteiger partial charge in [-0.1, -0.05) is 30.3 Å². The van der Waals surface area contributed by atoms with Gasteiger partial charge in [0.15, 0.2) is 11.5 Å². The van der Waals surface area contributed by atoms with E-state index in [-0.39, 0.29) is 17.7 Å². The van der Waals surface area contributed by atoms with Crippen molar-refractivity contribution in [2.24, 2.45) is 5.92 Å². The number of hydrogen-bond donors (Lipinski definition) is 1. The molecular formula is C22H26N2O4. The summed E-state index contributed by atoms with van der Waals surface area (Å²) in [5.41, 5.74) is 1.64. The highest BCUT2D eigenvalue weighted by molar-refractivity contribution is 5.95. The van der Waals surface area contributed by atoms with Crippen molar-refractivity contribution in [3.63, 3.8) is 0 Å². The maximum Gasteiger partial charge on any atom is 0.253 e. The lowest BCUT2D eigenvalue weighted by molar-refractivity contribution is -0.126. The fourth-order valence-electron chi connectivity index (χ4n) is 3.43. The maximum atomic E-state index is 12.8. The van der Waals surface area contributed by atoms with Crippen LogP contribution in [0.3, 0.4) is 0 Å². The molecule has 0 saturated carbocycles. The summed E-state index contributed by atoms with van der Waals surface area (Å²) in [5, 5.41) is 3.00. The van der Waals surface area contributed by atoms with E-state index < -0.39 is 0 Å². The van der Waals surface area contributed by atoms with Crippen LogP contribution in [0.1, 0.15) is 28.8 Å². The van der Waals surface area contributed by atoms with Gasteiger partial charge in [-0.15, -0.1) is 0 Å². The Balaban J connectivity index is 1.53. The first-order chi connectivity index (χ1) is 13.6. The van der Waals surface area contributed by atoms with E-state index in [4.69, 9.17) is 9.47 Å². The van der Waals surface area contributed by atoms with Gasteiger partial charge in [0.2, 0.25) is 5.91 Å². The molecule has 2 amide bonds. The van der Waals surface area contributed by atoms with Crippen molar-refractivity contribution in [1.82, 2.24) is 10.2 Å². The third-order valence-corrected chi connectivity index (χ3v) is 5.09. The zero-order valence-electron chi connectivity index (χ0n) is 16.3. The van der Waals surface area contributed by atoms with E-state index in [0.717, 1.165) is 5.56 Å². The second-order valence-electron chi connectivity index (χ2n) is 6.84. The number of hydrogen-bond acceptors (Lipinski definition) is 4. The molecule has 0 spiro atoms. The molecule has 3 rings (SSSR count). The zero-order valence-corrected chi connectivity index (χ0v) is 16.3. The number of piperidine rings is 1. The lowest BCUT2D eigenvalue weighted by atomic mass is 9.95. The molecule has 2 aromatic carbocycles. The second-order valence-corrected chi connectivity index (χ2v) is 6.84. The molecule has 1 fully saturated rings. The van der Waals surface area contributed by atoms with Crippen LogP contribution in [0.25, 0.3) is 0 Å². The molecule has 0 atom stereocenters. The fraction of sp³-hybridized carbons (Fsp3) is 0.364. The van der Waals surface area contributed by atoms with Crippen molar-refractivity contribution in [1.29, 1.82) is 0 Å².